The van der Waals surface area contributed by atoms with Crippen LogP contribution >= 0.6 is 0 Å². The summed E-state index contributed by atoms with van der Waals surface area (Å²) in [5.74, 6) is 2.46. The van der Waals surface area contributed by atoms with Gasteiger partial charge in [0.2, 0.25) is 5.91 Å². The van der Waals surface area contributed by atoms with E-state index in [1.165, 1.54) is 12.8 Å². The predicted octanol–water partition coefficient (Wildman–Crippen LogP) is 4.02. The van der Waals surface area contributed by atoms with Crippen LogP contribution in [-0.4, -0.2) is 31.7 Å². The van der Waals surface area contributed by atoms with Crippen LogP contribution in [-0.2, 0) is 11.2 Å². The Morgan fingerprint density at radius 2 is 1.83 bits per heavy atom. The molecule has 3 atom stereocenters. The van der Waals surface area contributed by atoms with Gasteiger partial charge in [0, 0.05) is 28.7 Å². The molecule has 1 aliphatic rings. The van der Waals surface area contributed by atoms with Crippen molar-refractivity contribution in [1.82, 2.24) is 25.1 Å². The van der Waals surface area contributed by atoms with Gasteiger partial charge in [-0.05, 0) is 64.4 Å². The molecule has 158 valence electrons. The van der Waals surface area contributed by atoms with E-state index in [2.05, 4.69) is 41.2 Å². The molecule has 6 heteroatoms. The van der Waals surface area contributed by atoms with Gasteiger partial charge in [-0.1, -0.05) is 27.2 Å². The molecular weight excluding hydrogens is 362 g/mol. The van der Waals surface area contributed by atoms with Crippen molar-refractivity contribution in [3.63, 3.8) is 0 Å². The van der Waals surface area contributed by atoms with E-state index in [1.54, 1.807) is 4.68 Å². The van der Waals surface area contributed by atoms with Crippen molar-refractivity contribution in [1.29, 1.82) is 0 Å². The van der Waals surface area contributed by atoms with Gasteiger partial charge in [0.15, 0.2) is 0 Å². The van der Waals surface area contributed by atoms with Crippen LogP contribution < -0.4 is 5.32 Å². The SMILES string of the molecule is Cc1cc(C)nc(-n2nc(C)c(CC(=O)N[C@@H]3C[C@H](C)CC[C@@H]3C(C)C)c2C)n1. The first-order chi connectivity index (χ1) is 13.7. The summed E-state index contributed by atoms with van der Waals surface area (Å²) in [5, 5.41) is 7.97. The molecule has 1 N–H and O–H groups in total. The van der Waals surface area contributed by atoms with Gasteiger partial charge >= 0.3 is 0 Å². The maximum atomic E-state index is 12.9. The second-order valence-electron chi connectivity index (χ2n) is 9.19. The molecule has 6 nitrogen and oxygen atoms in total. The smallest absolute Gasteiger partial charge is 0.251 e. The summed E-state index contributed by atoms with van der Waals surface area (Å²) in [7, 11) is 0. The molecule has 0 aliphatic heterocycles. The van der Waals surface area contributed by atoms with E-state index in [9.17, 15) is 4.79 Å². The molecule has 1 saturated carbocycles. The van der Waals surface area contributed by atoms with Gasteiger partial charge in [0.1, 0.15) is 0 Å². The Morgan fingerprint density at radius 3 is 2.45 bits per heavy atom. The Balaban J connectivity index is 1.78. The van der Waals surface area contributed by atoms with Crippen LogP contribution in [0.5, 0.6) is 0 Å². The van der Waals surface area contributed by atoms with Crippen molar-refractivity contribution in [2.24, 2.45) is 17.8 Å². The van der Waals surface area contributed by atoms with E-state index < -0.39 is 0 Å². The van der Waals surface area contributed by atoms with E-state index in [4.69, 9.17) is 0 Å². The molecule has 0 radical (unpaired) electrons. The van der Waals surface area contributed by atoms with Gasteiger partial charge in [-0.2, -0.15) is 5.10 Å². The molecule has 0 aromatic carbocycles. The fourth-order valence-corrected chi connectivity index (χ4v) is 4.71. The van der Waals surface area contributed by atoms with Gasteiger partial charge < -0.3 is 5.32 Å². The molecule has 0 unspecified atom stereocenters. The highest BCUT2D eigenvalue weighted by atomic mass is 16.1. The monoisotopic (exact) mass is 397 g/mol. The molecule has 29 heavy (non-hydrogen) atoms. The fourth-order valence-electron chi connectivity index (χ4n) is 4.71. The first kappa shape index (κ1) is 21.5. The zero-order valence-electron chi connectivity index (χ0n) is 18.9. The van der Waals surface area contributed by atoms with E-state index >= 15 is 0 Å². The number of hydrogen-bond donors (Lipinski definition) is 1. The lowest BCUT2D eigenvalue weighted by atomic mass is 9.74. The van der Waals surface area contributed by atoms with Gasteiger partial charge in [-0.3, -0.25) is 4.79 Å². The minimum atomic E-state index is 0.0850. The van der Waals surface area contributed by atoms with Crippen LogP contribution in [0.25, 0.3) is 5.95 Å². The molecule has 1 amide bonds. The first-order valence-electron chi connectivity index (χ1n) is 10.8. The summed E-state index contributed by atoms with van der Waals surface area (Å²) < 4.78 is 1.76. The van der Waals surface area contributed by atoms with Crippen LogP contribution in [0.4, 0.5) is 0 Å². The molecular formula is C23H35N5O. The maximum absolute atomic E-state index is 12.9. The van der Waals surface area contributed by atoms with E-state index in [-0.39, 0.29) is 11.9 Å². The third-order valence-electron chi connectivity index (χ3n) is 6.31. The molecule has 2 aromatic rings. The summed E-state index contributed by atoms with van der Waals surface area (Å²) in [6, 6.07) is 2.21. The van der Waals surface area contributed by atoms with Crippen LogP contribution in [0, 0.1) is 45.4 Å². The van der Waals surface area contributed by atoms with E-state index in [1.807, 2.05) is 33.8 Å². The lowest BCUT2D eigenvalue weighted by molar-refractivity contribution is -0.122. The first-order valence-corrected chi connectivity index (χ1v) is 10.8. The third-order valence-corrected chi connectivity index (χ3v) is 6.31. The Kier molecular flexibility index (Phi) is 6.39. The molecule has 0 saturated heterocycles. The molecule has 2 heterocycles. The highest BCUT2D eigenvalue weighted by molar-refractivity contribution is 5.79. The van der Waals surface area contributed by atoms with Gasteiger partial charge in [0.05, 0.1) is 12.1 Å². The minimum absolute atomic E-state index is 0.0850. The van der Waals surface area contributed by atoms with E-state index in [0.717, 1.165) is 34.8 Å². The van der Waals surface area contributed by atoms with Crippen LogP contribution in [0.2, 0.25) is 0 Å². The average molecular weight is 398 g/mol. The number of amides is 1. The highest BCUT2D eigenvalue weighted by Crippen LogP contribution is 2.33. The third kappa shape index (κ3) is 4.85. The molecule has 1 fully saturated rings. The number of nitrogens with one attached hydrogen (secondary N) is 1. The zero-order valence-corrected chi connectivity index (χ0v) is 18.9. The number of rotatable bonds is 5. The Morgan fingerprint density at radius 1 is 1.17 bits per heavy atom. The number of carbonyl (C=O) groups excluding carboxylic acids is 1. The van der Waals surface area contributed by atoms with Gasteiger partial charge in [0.25, 0.3) is 5.95 Å². The minimum Gasteiger partial charge on any atom is -0.353 e. The van der Waals surface area contributed by atoms with E-state index in [0.29, 0.717) is 30.1 Å². The summed E-state index contributed by atoms with van der Waals surface area (Å²) in [4.78, 5) is 22.0. The number of hydrogen-bond acceptors (Lipinski definition) is 4. The summed E-state index contributed by atoms with van der Waals surface area (Å²) in [6.07, 6.45) is 3.88. The summed E-state index contributed by atoms with van der Waals surface area (Å²) >= 11 is 0. The van der Waals surface area contributed by atoms with Crippen molar-refractivity contribution in [2.75, 3.05) is 0 Å². The van der Waals surface area contributed by atoms with Crippen molar-refractivity contribution < 1.29 is 4.79 Å². The fraction of sp³-hybridized carbons (Fsp3) is 0.652. The lowest BCUT2D eigenvalue weighted by Gasteiger charge is -2.37. The zero-order chi connectivity index (χ0) is 21.3. The quantitative estimate of drug-likeness (QED) is 0.827. The second kappa shape index (κ2) is 8.64. The number of carbonyl (C=O) groups is 1. The lowest BCUT2D eigenvalue weighted by Crippen LogP contribution is -2.46. The molecule has 1 aliphatic carbocycles. The number of nitrogens with zero attached hydrogens (tertiary/aromatic N) is 4. The summed E-state index contributed by atoms with van der Waals surface area (Å²) in [5.41, 5.74) is 4.57. The molecule has 0 spiro atoms. The molecule has 3 rings (SSSR count). The Bertz CT molecular complexity index is 865. The Labute approximate surface area is 174 Å². The summed E-state index contributed by atoms with van der Waals surface area (Å²) in [6.45, 7) is 14.7. The van der Waals surface area contributed by atoms with Gasteiger partial charge in [-0.15, -0.1) is 0 Å². The number of aromatic nitrogens is 4. The highest BCUT2D eigenvalue weighted by Gasteiger charge is 2.32. The topological polar surface area (TPSA) is 72.7 Å². The normalized spacial score (nSPS) is 22.1. The average Bonchev–Trinajstić information content (AvgIpc) is 2.89. The van der Waals surface area contributed by atoms with Crippen molar-refractivity contribution >= 4 is 5.91 Å². The van der Waals surface area contributed by atoms with Crippen molar-refractivity contribution in [2.45, 2.75) is 80.2 Å². The predicted molar refractivity (Wildman–Crippen MR) is 115 cm³/mol. The van der Waals surface area contributed by atoms with Gasteiger partial charge in [-0.25, -0.2) is 14.6 Å². The second-order valence-corrected chi connectivity index (χ2v) is 9.19. The standard InChI is InChI=1S/C23H35N5O/c1-13(2)19-9-8-14(3)10-21(19)26-22(29)12-20-17(6)27-28(18(20)7)23-24-15(4)11-16(5)25-23/h11,13-14,19,21H,8-10,12H2,1-7H3,(H,26,29)/t14-,19-,21-/m1/s1. The number of aryl methyl sites for hydroxylation is 3. The van der Waals surface area contributed by atoms with Crippen LogP contribution in [0.15, 0.2) is 6.07 Å². The largest absolute Gasteiger partial charge is 0.353 e. The molecule has 0 bridgehead atoms. The maximum Gasteiger partial charge on any atom is 0.251 e. The Hall–Kier alpha value is -2.24. The molecule has 2 aromatic heterocycles. The van der Waals surface area contributed by atoms with Crippen LogP contribution in [0.3, 0.4) is 0 Å². The van der Waals surface area contributed by atoms with Crippen molar-refractivity contribution in [3.05, 3.63) is 34.4 Å². The van der Waals surface area contributed by atoms with Crippen LogP contribution in [0.1, 0.15) is 68.4 Å². The van der Waals surface area contributed by atoms with Crippen molar-refractivity contribution in [3.8, 4) is 5.95 Å².